The average molecular weight is 227 g/mol. The lowest BCUT2D eigenvalue weighted by Crippen LogP contribution is -2.02. The second-order valence-electron chi connectivity index (χ2n) is 3.04. The number of anilines is 1. The summed E-state index contributed by atoms with van der Waals surface area (Å²) in [5, 5.41) is 7.42. The quantitative estimate of drug-likeness (QED) is 0.809. The van der Waals surface area contributed by atoms with Gasteiger partial charge in [0.1, 0.15) is 5.69 Å². The topological polar surface area (TPSA) is 56.7 Å². The molecule has 0 unspecified atom stereocenters. The highest BCUT2D eigenvalue weighted by atomic mass is 35.5. The third-order valence-electron chi connectivity index (χ3n) is 2.09. The summed E-state index contributed by atoms with van der Waals surface area (Å²) in [7, 11) is 0. The molecule has 1 aromatic carbocycles. The summed E-state index contributed by atoms with van der Waals surface area (Å²) in [4.78, 5) is 0. The van der Waals surface area contributed by atoms with Crippen LogP contribution in [0.3, 0.4) is 0 Å². The van der Waals surface area contributed by atoms with Crippen molar-refractivity contribution < 1.29 is 4.39 Å². The van der Waals surface area contributed by atoms with Crippen LogP contribution in [0.1, 0.15) is 5.69 Å². The molecule has 0 aliphatic heterocycles. The lowest BCUT2D eigenvalue weighted by molar-refractivity contribution is 0.605. The van der Waals surface area contributed by atoms with Crippen LogP contribution in [-0.2, 0) is 0 Å². The summed E-state index contributed by atoms with van der Waals surface area (Å²) in [5.41, 5.74) is 6.34. The molecular formula is C9H8ClFN4. The molecule has 15 heavy (non-hydrogen) atoms. The van der Waals surface area contributed by atoms with E-state index in [1.54, 1.807) is 19.1 Å². The Morgan fingerprint density at radius 2 is 2.20 bits per heavy atom. The second kappa shape index (κ2) is 3.51. The molecule has 2 aromatic rings. The van der Waals surface area contributed by atoms with Crippen LogP contribution in [0, 0.1) is 12.7 Å². The van der Waals surface area contributed by atoms with Crippen LogP contribution in [-0.4, -0.2) is 15.0 Å². The van der Waals surface area contributed by atoms with Gasteiger partial charge in [0.05, 0.1) is 10.7 Å². The molecule has 4 nitrogen and oxygen atoms in total. The van der Waals surface area contributed by atoms with Gasteiger partial charge in [0.15, 0.2) is 11.6 Å². The molecule has 0 fully saturated rings. The molecule has 2 N–H and O–H groups in total. The number of halogens is 2. The number of hydrogen-bond donors (Lipinski definition) is 1. The maximum atomic E-state index is 13.6. The molecule has 0 atom stereocenters. The molecule has 2 rings (SSSR count). The Morgan fingerprint density at radius 3 is 2.80 bits per heavy atom. The fourth-order valence-electron chi connectivity index (χ4n) is 1.23. The van der Waals surface area contributed by atoms with Gasteiger partial charge < -0.3 is 5.73 Å². The van der Waals surface area contributed by atoms with Gasteiger partial charge in [-0.2, -0.15) is 0 Å². The van der Waals surface area contributed by atoms with Crippen molar-refractivity contribution in [3.63, 3.8) is 0 Å². The number of nitrogens with two attached hydrogens (primary N) is 1. The number of rotatable bonds is 1. The molecule has 1 heterocycles. The largest absolute Gasteiger partial charge is 0.381 e. The lowest BCUT2D eigenvalue weighted by Gasteiger charge is -2.05. The van der Waals surface area contributed by atoms with E-state index in [1.165, 1.54) is 10.7 Å². The smallest absolute Gasteiger partial charge is 0.169 e. The minimum atomic E-state index is -0.535. The van der Waals surface area contributed by atoms with Crippen LogP contribution in [0.4, 0.5) is 10.2 Å². The molecular weight excluding hydrogens is 219 g/mol. The van der Waals surface area contributed by atoms with Gasteiger partial charge in [-0.25, -0.2) is 9.07 Å². The standard InChI is InChI=1S/C9H8ClFN4/c1-5-9(12)13-14-15(5)7-4-2-3-6(10)8(7)11/h2-4H,12H2,1H3. The Labute approximate surface area is 90.5 Å². The zero-order valence-corrected chi connectivity index (χ0v) is 8.66. The molecule has 0 spiro atoms. The van der Waals surface area contributed by atoms with Crippen molar-refractivity contribution in [3.8, 4) is 5.69 Å². The molecule has 0 aliphatic rings. The van der Waals surface area contributed by atoms with E-state index in [9.17, 15) is 4.39 Å². The van der Waals surface area contributed by atoms with E-state index in [0.717, 1.165) is 0 Å². The van der Waals surface area contributed by atoms with Gasteiger partial charge in [0, 0.05) is 0 Å². The van der Waals surface area contributed by atoms with Crippen molar-refractivity contribution in [1.29, 1.82) is 0 Å². The number of benzene rings is 1. The Kier molecular flexibility index (Phi) is 2.32. The molecule has 0 radical (unpaired) electrons. The third-order valence-corrected chi connectivity index (χ3v) is 2.38. The Morgan fingerprint density at radius 1 is 1.47 bits per heavy atom. The van der Waals surface area contributed by atoms with E-state index >= 15 is 0 Å². The Bertz CT molecular complexity index is 509. The van der Waals surface area contributed by atoms with Crippen molar-refractivity contribution in [3.05, 3.63) is 34.7 Å². The summed E-state index contributed by atoms with van der Waals surface area (Å²) in [6.45, 7) is 1.70. The summed E-state index contributed by atoms with van der Waals surface area (Å²) in [5.74, 6) is -0.262. The molecule has 0 saturated heterocycles. The highest BCUT2D eigenvalue weighted by Gasteiger charge is 2.12. The minimum Gasteiger partial charge on any atom is -0.381 e. The van der Waals surface area contributed by atoms with Crippen molar-refractivity contribution in [2.75, 3.05) is 5.73 Å². The molecule has 0 amide bonds. The van der Waals surface area contributed by atoms with E-state index in [-0.39, 0.29) is 16.5 Å². The minimum absolute atomic E-state index is 0.0426. The maximum Gasteiger partial charge on any atom is 0.169 e. The van der Waals surface area contributed by atoms with E-state index in [0.29, 0.717) is 5.69 Å². The summed E-state index contributed by atoms with van der Waals surface area (Å²) < 4.78 is 14.9. The normalized spacial score (nSPS) is 10.6. The van der Waals surface area contributed by atoms with Gasteiger partial charge in [-0.15, -0.1) is 5.10 Å². The van der Waals surface area contributed by atoms with E-state index < -0.39 is 5.82 Å². The molecule has 0 saturated carbocycles. The van der Waals surface area contributed by atoms with Crippen molar-refractivity contribution in [1.82, 2.24) is 15.0 Å². The number of aromatic nitrogens is 3. The maximum absolute atomic E-state index is 13.6. The van der Waals surface area contributed by atoms with Gasteiger partial charge in [0.25, 0.3) is 0 Å². The first-order chi connectivity index (χ1) is 7.11. The second-order valence-corrected chi connectivity index (χ2v) is 3.45. The van der Waals surface area contributed by atoms with Crippen LogP contribution in [0.2, 0.25) is 5.02 Å². The first kappa shape index (κ1) is 9.92. The highest BCUT2D eigenvalue weighted by Crippen LogP contribution is 2.22. The average Bonchev–Trinajstić information content (AvgIpc) is 2.53. The van der Waals surface area contributed by atoms with Crippen molar-refractivity contribution in [2.24, 2.45) is 0 Å². The van der Waals surface area contributed by atoms with Crippen LogP contribution >= 0.6 is 11.6 Å². The first-order valence-corrected chi connectivity index (χ1v) is 4.61. The first-order valence-electron chi connectivity index (χ1n) is 4.23. The fourth-order valence-corrected chi connectivity index (χ4v) is 1.40. The van der Waals surface area contributed by atoms with E-state index in [4.69, 9.17) is 17.3 Å². The summed E-state index contributed by atoms with van der Waals surface area (Å²) >= 11 is 5.66. The van der Waals surface area contributed by atoms with Gasteiger partial charge in [-0.05, 0) is 19.1 Å². The van der Waals surface area contributed by atoms with Gasteiger partial charge in [0.2, 0.25) is 0 Å². The molecule has 1 aromatic heterocycles. The number of hydrogen-bond acceptors (Lipinski definition) is 3. The number of nitrogens with zero attached hydrogens (tertiary/aromatic N) is 3. The van der Waals surface area contributed by atoms with Crippen molar-refractivity contribution >= 4 is 17.4 Å². The SMILES string of the molecule is Cc1c(N)nnn1-c1cccc(Cl)c1F. The highest BCUT2D eigenvalue weighted by molar-refractivity contribution is 6.30. The molecule has 0 bridgehead atoms. The zero-order valence-electron chi connectivity index (χ0n) is 7.91. The Hall–Kier alpha value is -1.62. The predicted octanol–water partition coefficient (Wildman–Crippen LogP) is 1.95. The monoisotopic (exact) mass is 226 g/mol. The van der Waals surface area contributed by atoms with E-state index in [1.807, 2.05) is 0 Å². The third kappa shape index (κ3) is 1.55. The van der Waals surface area contributed by atoms with Crippen molar-refractivity contribution in [2.45, 2.75) is 6.92 Å². The van der Waals surface area contributed by atoms with E-state index in [2.05, 4.69) is 10.3 Å². The molecule has 6 heteroatoms. The zero-order chi connectivity index (χ0) is 11.0. The molecule has 0 aliphatic carbocycles. The summed E-state index contributed by atoms with van der Waals surface area (Å²) in [6, 6.07) is 4.66. The number of nitrogen functional groups attached to an aromatic ring is 1. The van der Waals surface area contributed by atoms with Gasteiger partial charge >= 0.3 is 0 Å². The van der Waals surface area contributed by atoms with Crippen LogP contribution in [0.25, 0.3) is 5.69 Å². The van der Waals surface area contributed by atoms with Gasteiger partial charge in [-0.3, -0.25) is 0 Å². The summed E-state index contributed by atoms with van der Waals surface area (Å²) in [6.07, 6.45) is 0. The Balaban J connectivity index is 2.64. The van der Waals surface area contributed by atoms with Crippen LogP contribution in [0.15, 0.2) is 18.2 Å². The predicted molar refractivity (Wildman–Crippen MR) is 55.5 cm³/mol. The van der Waals surface area contributed by atoms with Crippen LogP contribution < -0.4 is 5.73 Å². The van der Waals surface area contributed by atoms with Crippen LogP contribution in [0.5, 0.6) is 0 Å². The molecule has 78 valence electrons. The van der Waals surface area contributed by atoms with Gasteiger partial charge in [-0.1, -0.05) is 22.9 Å². The lowest BCUT2D eigenvalue weighted by atomic mass is 10.3. The fraction of sp³-hybridized carbons (Fsp3) is 0.111.